The van der Waals surface area contributed by atoms with E-state index in [4.69, 9.17) is 11.0 Å². The standard InChI is InChI=1S/C14H14FN5O/c1-8-14(17)9(2)20(19-8)7-13(21)18-12-4-3-10(6-16)5-11(12)15/h3-5H,7,17H2,1-2H3,(H,18,21). The fourth-order valence-corrected chi connectivity index (χ4v) is 1.88. The molecule has 0 atom stereocenters. The number of nitrogens with one attached hydrogen (secondary N) is 1. The van der Waals surface area contributed by atoms with Crippen molar-refractivity contribution >= 4 is 17.3 Å². The Hall–Kier alpha value is -2.88. The highest BCUT2D eigenvalue weighted by atomic mass is 19.1. The molecule has 0 aliphatic rings. The summed E-state index contributed by atoms with van der Waals surface area (Å²) in [6.45, 7) is 3.44. The van der Waals surface area contributed by atoms with Gasteiger partial charge in [-0.1, -0.05) is 0 Å². The summed E-state index contributed by atoms with van der Waals surface area (Å²) in [5.41, 5.74) is 7.86. The first-order chi connectivity index (χ1) is 9.92. The molecular weight excluding hydrogens is 273 g/mol. The van der Waals surface area contributed by atoms with Crippen molar-refractivity contribution in [1.82, 2.24) is 9.78 Å². The molecule has 2 rings (SSSR count). The molecule has 0 bridgehead atoms. The van der Waals surface area contributed by atoms with E-state index in [9.17, 15) is 9.18 Å². The minimum absolute atomic E-state index is 0.0218. The SMILES string of the molecule is Cc1nn(CC(=O)Nc2ccc(C#N)cc2F)c(C)c1N. The van der Waals surface area contributed by atoms with Gasteiger partial charge in [-0.05, 0) is 32.0 Å². The molecule has 7 heteroatoms. The van der Waals surface area contributed by atoms with Gasteiger partial charge >= 0.3 is 0 Å². The predicted octanol–water partition coefficient (Wildman–Crippen LogP) is 1.73. The number of anilines is 2. The second-order valence-corrected chi connectivity index (χ2v) is 4.60. The van der Waals surface area contributed by atoms with Gasteiger partial charge in [0.2, 0.25) is 5.91 Å². The van der Waals surface area contributed by atoms with Crippen LogP contribution in [0.25, 0.3) is 0 Å². The molecule has 1 aromatic carbocycles. The fourth-order valence-electron chi connectivity index (χ4n) is 1.88. The van der Waals surface area contributed by atoms with Gasteiger partial charge in [-0.15, -0.1) is 0 Å². The van der Waals surface area contributed by atoms with E-state index < -0.39 is 11.7 Å². The largest absolute Gasteiger partial charge is 0.396 e. The zero-order chi connectivity index (χ0) is 15.6. The highest BCUT2D eigenvalue weighted by Crippen LogP contribution is 2.17. The Morgan fingerprint density at radius 3 is 2.76 bits per heavy atom. The minimum Gasteiger partial charge on any atom is -0.396 e. The van der Waals surface area contributed by atoms with Crippen LogP contribution in [0.1, 0.15) is 17.0 Å². The Morgan fingerprint density at radius 1 is 1.52 bits per heavy atom. The number of nitrogen functional groups attached to an aromatic ring is 1. The number of nitrogens with zero attached hydrogens (tertiary/aromatic N) is 3. The molecule has 1 heterocycles. The second-order valence-electron chi connectivity index (χ2n) is 4.60. The quantitative estimate of drug-likeness (QED) is 0.898. The first-order valence-electron chi connectivity index (χ1n) is 6.21. The average Bonchev–Trinajstić information content (AvgIpc) is 2.68. The Kier molecular flexibility index (Phi) is 3.89. The molecule has 6 nitrogen and oxygen atoms in total. The molecule has 1 amide bonds. The minimum atomic E-state index is -0.657. The highest BCUT2D eigenvalue weighted by Gasteiger charge is 2.13. The lowest BCUT2D eigenvalue weighted by atomic mass is 10.2. The van der Waals surface area contributed by atoms with Gasteiger partial charge in [0.15, 0.2) is 0 Å². The lowest BCUT2D eigenvalue weighted by Gasteiger charge is -2.08. The van der Waals surface area contributed by atoms with Crippen LogP contribution in [-0.2, 0) is 11.3 Å². The molecule has 0 aliphatic heterocycles. The molecule has 2 aromatic rings. The lowest BCUT2D eigenvalue weighted by molar-refractivity contribution is -0.117. The van der Waals surface area contributed by atoms with Crippen molar-refractivity contribution in [1.29, 1.82) is 5.26 Å². The van der Waals surface area contributed by atoms with Crippen LogP contribution in [-0.4, -0.2) is 15.7 Å². The van der Waals surface area contributed by atoms with E-state index in [1.807, 2.05) is 6.07 Å². The maximum absolute atomic E-state index is 13.7. The first-order valence-corrected chi connectivity index (χ1v) is 6.21. The Morgan fingerprint density at radius 2 is 2.24 bits per heavy atom. The number of rotatable bonds is 3. The van der Waals surface area contributed by atoms with Gasteiger partial charge < -0.3 is 11.1 Å². The number of hydrogen-bond acceptors (Lipinski definition) is 4. The number of aromatic nitrogens is 2. The summed E-state index contributed by atoms with van der Waals surface area (Å²) in [6.07, 6.45) is 0. The van der Waals surface area contributed by atoms with E-state index in [-0.39, 0.29) is 17.8 Å². The number of aryl methyl sites for hydroxylation is 1. The lowest BCUT2D eigenvalue weighted by Crippen LogP contribution is -2.21. The molecule has 3 N–H and O–H groups in total. The first kappa shape index (κ1) is 14.5. The maximum atomic E-state index is 13.7. The van der Waals surface area contributed by atoms with Gasteiger partial charge in [-0.3, -0.25) is 9.48 Å². The van der Waals surface area contributed by atoms with Gasteiger partial charge in [0.1, 0.15) is 12.4 Å². The third-order valence-corrected chi connectivity index (χ3v) is 3.10. The zero-order valence-corrected chi connectivity index (χ0v) is 11.6. The molecule has 21 heavy (non-hydrogen) atoms. The third-order valence-electron chi connectivity index (χ3n) is 3.10. The molecule has 0 saturated heterocycles. The number of benzene rings is 1. The van der Waals surface area contributed by atoms with E-state index in [0.717, 1.165) is 6.07 Å². The average molecular weight is 287 g/mol. The van der Waals surface area contributed by atoms with Crippen molar-refractivity contribution in [2.24, 2.45) is 0 Å². The molecular formula is C14H14FN5O. The van der Waals surface area contributed by atoms with Gasteiger partial charge in [-0.2, -0.15) is 10.4 Å². The number of carbonyl (C=O) groups is 1. The van der Waals surface area contributed by atoms with Crippen molar-refractivity contribution in [2.45, 2.75) is 20.4 Å². The van der Waals surface area contributed by atoms with Crippen LogP contribution in [0, 0.1) is 31.0 Å². The number of carbonyl (C=O) groups excluding carboxylic acids is 1. The normalized spacial score (nSPS) is 10.2. The van der Waals surface area contributed by atoms with Gasteiger partial charge in [0, 0.05) is 0 Å². The van der Waals surface area contributed by atoms with Crippen LogP contribution in [0.3, 0.4) is 0 Å². The van der Waals surface area contributed by atoms with E-state index in [2.05, 4.69) is 10.4 Å². The van der Waals surface area contributed by atoms with Crippen LogP contribution >= 0.6 is 0 Å². The summed E-state index contributed by atoms with van der Waals surface area (Å²) in [5, 5.41) is 15.2. The van der Waals surface area contributed by atoms with Crippen molar-refractivity contribution in [2.75, 3.05) is 11.1 Å². The van der Waals surface area contributed by atoms with Crippen molar-refractivity contribution in [3.8, 4) is 6.07 Å². The van der Waals surface area contributed by atoms with E-state index >= 15 is 0 Å². The smallest absolute Gasteiger partial charge is 0.246 e. The highest BCUT2D eigenvalue weighted by molar-refractivity contribution is 5.90. The number of amides is 1. The number of nitriles is 1. The summed E-state index contributed by atoms with van der Waals surface area (Å²) in [5.74, 6) is -1.08. The number of halogens is 1. The van der Waals surface area contributed by atoms with E-state index in [1.165, 1.54) is 16.8 Å². The van der Waals surface area contributed by atoms with Crippen molar-refractivity contribution in [3.05, 3.63) is 41.0 Å². The molecule has 1 aromatic heterocycles. The monoisotopic (exact) mass is 287 g/mol. The van der Waals surface area contributed by atoms with Crippen LogP contribution in [0.5, 0.6) is 0 Å². The summed E-state index contributed by atoms with van der Waals surface area (Å²) in [4.78, 5) is 11.9. The van der Waals surface area contributed by atoms with Crippen molar-refractivity contribution < 1.29 is 9.18 Å². The van der Waals surface area contributed by atoms with Crippen LogP contribution in [0.15, 0.2) is 18.2 Å². The summed E-state index contributed by atoms with van der Waals surface area (Å²) >= 11 is 0. The molecule has 0 aliphatic carbocycles. The molecule has 0 fully saturated rings. The van der Waals surface area contributed by atoms with Crippen molar-refractivity contribution in [3.63, 3.8) is 0 Å². The maximum Gasteiger partial charge on any atom is 0.246 e. The number of nitrogens with two attached hydrogens (primary N) is 1. The summed E-state index contributed by atoms with van der Waals surface area (Å²) < 4.78 is 15.1. The molecule has 0 radical (unpaired) electrons. The molecule has 108 valence electrons. The van der Waals surface area contributed by atoms with E-state index in [0.29, 0.717) is 17.1 Å². The Bertz CT molecular complexity index is 745. The Labute approximate surface area is 121 Å². The fraction of sp³-hybridized carbons (Fsp3) is 0.214. The summed E-state index contributed by atoms with van der Waals surface area (Å²) in [7, 11) is 0. The molecule has 0 unspecified atom stereocenters. The predicted molar refractivity (Wildman–Crippen MR) is 75.9 cm³/mol. The summed E-state index contributed by atoms with van der Waals surface area (Å²) in [6, 6.07) is 5.67. The van der Waals surface area contributed by atoms with Crippen LogP contribution < -0.4 is 11.1 Å². The van der Waals surface area contributed by atoms with Crippen LogP contribution in [0.4, 0.5) is 15.8 Å². The van der Waals surface area contributed by atoms with Gasteiger partial charge in [0.25, 0.3) is 0 Å². The zero-order valence-electron chi connectivity index (χ0n) is 11.6. The van der Waals surface area contributed by atoms with Gasteiger partial charge in [-0.25, -0.2) is 4.39 Å². The Balaban J connectivity index is 2.12. The third kappa shape index (κ3) is 3.00. The topological polar surface area (TPSA) is 96.7 Å². The second kappa shape index (κ2) is 5.63. The molecule has 0 spiro atoms. The van der Waals surface area contributed by atoms with Gasteiger partial charge in [0.05, 0.1) is 34.4 Å². The van der Waals surface area contributed by atoms with E-state index in [1.54, 1.807) is 13.8 Å². The van der Waals surface area contributed by atoms with Crippen LogP contribution in [0.2, 0.25) is 0 Å². The molecule has 0 saturated carbocycles. The number of hydrogen-bond donors (Lipinski definition) is 2.